The van der Waals surface area contributed by atoms with Crippen molar-refractivity contribution >= 4 is 0 Å². The Labute approximate surface area is 103 Å². The van der Waals surface area contributed by atoms with Crippen LogP contribution < -0.4 is 5.73 Å². The molecule has 0 bridgehead atoms. The van der Waals surface area contributed by atoms with Gasteiger partial charge in [-0.15, -0.1) is 0 Å². The van der Waals surface area contributed by atoms with Gasteiger partial charge in [-0.05, 0) is 45.2 Å². The normalized spacial score (nSPS) is 30.0. The Balaban J connectivity index is 1.85. The summed E-state index contributed by atoms with van der Waals surface area (Å²) in [4.78, 5) is 2.66. The molecule has 1 aromatic rings. The second kappa shape index (κ2) is 4.42. The van der Waals surface area contributed by atoms with Gasteiger partial charge in [0.2, 0.25) is 0 Å². The molecule has 1 aromatic heterocycles. The number of rotatable bonds is 4. The lowest BCUT2D eigenvalue weighted by Crippen LogP contribution is -2.29. The topological polar surface area (TPSA) is 47.1 Å². The average molecular weight is 234 g/mol. The number of nitrogens with two attached hydrogens (primary N) is 1. The maximum atomic E-state index is 5.93. The van der Waals surface area contributed by atoms with Gasteiger partial charge in [-0.3, -0.25) is 9.58 Å². The van der Waals surface area contributed by atoms with Gasteiger partial charge < -0.3 is 5.73 Å². The van der Waals surface area contributed by atoms with E-state index in [-0.39, 0.29) is 0 Å². The van der Waals surface area contributed by atoms with Crippen LogP contribution >= 0.6 is 0 Å². The molecular formula is C13H22N4. The highest BCUT2D eigenvalue weighted by Gasteiger charge is 2.42. The van der Waals surface area contributed by atoms with Crippen LogP contribution in [0.5, 0.6) is 0 Å². The molecule has 2 fully saturated rings. The molecular weight excluding hydrogens is 212 g/mol. The molecule has 3 rings (SSSR count). The van der Waals surface area contributed by atoms with Crippen molar-refractivity contribution in [3.8, 4) is 0 Å². The van der Waals surface area contributed by atoms with Crippen molar-refractivity contribution in [2.24, 2.45) is 11.7 Å². The molecule has 0 amide bonds. The number of nitrogens with zero attached hydrogens (tertiary/aromatic N) is 3. The average Bonchev–Trinajstić information content (AvgIpc) is 2.95. The molecule has 4 heteroatoms. The van der Waals surface area contributed by atoms with Crippen molar-refractivity contribution in [2.75, 3.05) is 13.1 Å². The van der Waals surface area contributed by atoms with Gasteiger partial charge in [0.05, 0.1) is 6.20 Å². The van der Waals surface area contributed by atoms with Gasteiger partial charge in [-0.2, -0.15) is 5.10 Å². The minimum absolute atomic E-state index is 0.521. The third-order valence-corrected chi connectivity index (χ3v) is 4.20. The van der Waals surface area contributed by atoms with Crippen molar-refractivity contribution in [3.63, 3.8) is 0 Å². The Morgan fingerprint density at radius 2 is 2.24 bits per heavy atom. The summed E-state index contributed by atoms with van der Waals surface area (Å²) in [7, 11) is 0. The van der Waals surface area contributed by atoms with E-state index in [9.17, 15) is 0 Å². The molecule has 0 spiro atoms. The van der Waals surface area contributed by atoms with Gasteiger partial charge in [-0.1, -0.05) is 0 Å². The Hall–Kier alpha value is -0.870. The third-order valence-electron chi connectivity index (χ3n) is 4.20. The number of aromatic nitrogens is 2. The quantitative estimate of drug-likeness (QED) is 0.856. The van der Waals surface area contributed by atoms with E-state index in [4.69, 9.17) is 5.73 Å². The van der Waals surface area contributed by atoms with Crippen molar-refractivity contribution in [2.45, 2.75) is 44.8 Å². The molecule has 1 aliphatic heterocycles. The first kappa shape index (κ1) is 11.2. The zero-order valence-corrected chi connectivity index (χ0v) is 10.5. The fourth-order valence-corrected chi connectivity index (χ4v) is 3.11. The van der Waals surface area contributed by atoms with E-state index in [1.165, 1.54) is 31.4 Å². The minimum Gasteiger partial charge on any atom is -0.330 e. The number of hydrogen-bond acceptors (Lipinski definition) is 3. The number of hydrogen-bond donors (Lipinski definition) is 1. The summed E-state index contributed by atoms with van der Waals surface area (Å²) in [5, 5.41) is 4.41. The van der Waals surface area contributed by atoms with Crippen LogP contribution in [-0.2, 0) is 6.54 Å². The fraction of sp³-hybridized carbons (Fsp3) is 0.769. The van der Waals surface area contributed by atoms with E-state index < -0.39 is 0 Å². The molecule has 0 aromatic carbocycles. The highest BCUT2D eigenvalue weighted by atomic mass is 15.3. The molecule has 4 nitrogen and oxygen atoms in total. The lowest BCUT2D eigenvalue weighted by molar-refractivity contribution is 0.220. The summed E-state index contributed by atoms with van der Waals surface area (Å²) in [6.45, 7) is 5.09. The van der Waals surface area contributed by atoms with Gasteiger partial charge in [-0.25, -0.2) is 0 Å². The van der Waals surface area contributed by atoms with Crippen LogP contribution in [0, 0.1) is 5.92 Å². The predicted octanol–water partition coefficient (Wildman–Crippen LogP) is 1.39. The molecule has 94 valence electrons. The molecule has 2 aliphatic rings. The van der Waals surface area contributed by atoms with Crippen LogP contribution in [0.4, 0.5) is 0 Å². The lowest BCUT2D eigenvalue weighted by Gasteiger charge is -2.26. The highest BCUT2D eigenvalue weighted by molar-refractivity contribution is 5.16. The van der Waals surface area contributed by atoms with E-state index in [2.05, 4.69) is 23.1 Å². The van der Waals surface area contributed by atoms with E-state index in [0.717, 1.165) is 19.1 Å². The highest BCUT2D eigenvalue weighted by Crippen LogP contribution is 2.43. The van der Waals surface area contributed by atoms with E-state index in [1.54, 1.807) is 0 Å². The van der Waals surface area contributed by atoms with Gasteiger partial charge >= 0.3 is 0 Å². The van der Waals surface area contributed by atoms with E-state index in [0.29, 0.717) is 12.0 Å². The zero-order valence-electron chi connectivity index (χ0n) is 10.5. The largest absolute Gasteiger partial charge is 0.330 e. The molecule has 1 saturated heterocycles. The molecule has 1 aliphatic carbocycles. The van der Waals surface area contributed by atoms with Gasteiger partial charge in [0, 0.05) is 30.4 Å². The van der Waals surface area contributed by atoms with Gasteiger partial charge in [0.1, 0.15) is 0 Å². The minimum atomic E-state index is 0.521. The first-order valence-corrected chi connectivity index (χ1v) is 6.81. The molecule has 2 atom stereocenters. The Bertz CT molecular complexity index is 383. The van der Waals surface area contributed by atoms with Gasteiger partial charge in [0.25, 0.3) is 0 Å². The van der Waals surface area contributed by atoms with Crippen LogP contribution in [0.3, 0.4) is 0 Å². The number of likely N-dealkylation sites (tertiary alicyclic amines) is 1. The summed E-state index contributed by atoms with van der Waals surface area (Å²) in [6, 6.07) is 1.34. The summed E-state index contributed by atoms with van der Waals surface area (Å²) in [5.74, 6) is 0.616. The monoisotopic (exact) mass is 234 g/mol. The second-order valence-corrected chi connectivity index (χ2v) is 5.33. The first-order chi connectivity index (χ1) is 8.33. The standard InChI is InChI=1S/C13H22N4/c1-2-16-9-11(8-15-16)13-10(7-14)5-6-17(13)12-3-4-12/h8-10,12-13H,2-7,14H2,1H3. The third kappa shape index (κ3) is 2.00. The zero-order chi connectivity index (χ0) is 11.8. The van der Waals surface area contributed by atoms with Crippen LogP contribution in [0.2, 0.25) is 0 Å². The van der Waals surface area contributed by atoms with Gasteiger partial charge in [0.15, 0.2) is 0 Å². The molecule has 0 radical (unpaired) electrons. The fourth-order valence-electron chi connectivity index (χ4n) is 3.11. The van der Waals surface area contributed by atoms with E-state index in [1.807, 2.05) is 10.9 Å². The van der Waals surface area contributed by atoms with E-state index >= 15 is 0 Å². The van der Waals surface area contributed by atoms with Crippen LogP contribution in [0.1, 0.15) is 37.8 Å². The van der Waals surface area contributed by atoms with Crippen LogP contribution in [-0.4, -0.2) is 33.8 Å². The Kier molecular flexibility index (Phi) is 2.92. The maximum Gasteiger partial charge on any atom is 0.0537 e. The second-order valence-electron chi connectivity index (χ2n) is 5.33. The van der Waals surface area contributed by atoms with Crippen molar-refractivity contribution in [1.29, 1.82) is 0 Å². The molecule has 2 N–H and O–H groups in total. The summed E-state index contributed by atoms with van der Waals surface area (Å²) < 4.78 is 2.02. The Morgan fingerprint density at radius 3 is 2.82 bits per heavy atom. The lowest BCUT2D eigenvalue weighted by atomic mass is 9.96. The SMILES string of the molecule is CCn1cc(C2C(CN)CCN2C2CC2)cn1. The molecule has 2 unspecified atom stereocenters. The van der Waals surface area contributed by atoms with Crippen LogP contribution in [0.15, 0.2) is 12.4 Å². The summed E-state index contributed by atoms with van der Waals surface area (Å²) >= 11 is 0. The van der Waals surface area contributed by atoms with Crippen molar-refractivity contribution in [1.82, 2.24) is 14.7 Å². The number of aryl methyl sites for hydroxylation is 1. The van der Waals surface area contributed by atoms with Crippen molar-refractivity contribution in [3.05, 3.63) is 18.0 Å². The molecule has 2 heterocycles. The predicted molar refractivity (Wildman–Crippen MR) is 67.5 cm³/mol. The van der Waals surface area contributed by atoms with Crippen molar-refractivity contribution < 1.29 is 0 Å². The summed E-state index contributed by atoms with van der Waals surface area (Å²) in [6.07, 6.45) is 8.23. The maximum absolute atomic E-state index is 5.93. The Morgan fingerprint density at radius 1 is 1.41 bits per heavy atom. The summed E-state index contributed by atoms with van der Waals surface area (Å²) in [5.41, 5.74) is 7.30. The first-order valence-electron chi connectivity index (χ1n) is 6.81. The molecule has 17 heavy (non-hydrogen) atoms. The smallest absolute Gasteiger partial charge is 0.0537 e. The molecule has 1 saturated carbocycles. The van der Waals surface area contributed by atoms with Crippen LogP contribution in [0.25, 0.3) is 0 Å².